The van der Waals surface area contributed by atoms with Crippen molar-refractivity contribution in [1.82, 2.24) is 10.2 Å². The fraction of sp³-hybridized carbons (Fsp3) is 0.286. The molecule has 0 bridgehead atoms. The third-order valence-corrected chi connectivity index (χ3v) is 3.89. The highest BCUT2D eigenvalue weighted by molar-refractivity contribution is 6.15. The van der Waals surface area contributed by atoms with Gasteiger partial charge in [0, 0.05) is 23.7 Å². The lowest BCUT2D eigenvalue weighted by molar-refractivity contribution is -0.122. The fourth-order valence-corrected chi connectivity index (χ4v) is 2.65. The summed E-state index contributed by atoms with van der Waals surface area (Å²) in [6, 6.07) is 15.6. The topological polar surface area (TPSA) is 66.5 Å². The molecule has 0 saturated heterocycles. The molecule has 2 amide bonds. The van der Waals surface area contributed by atoms with E-state index in [1.165, 1.54) is 4.90 Å². The SMILES string of the molecule is CCN(CC(=O)NC(C)C)C(=O)c1ccccc1C(=O)c1ccccc1. The van der Waals surface area contributed by atoms with Gasteiger partial charge >= 0.3 is 0 Å². The van der Waals surface area contributed by atoms with Crippen molar-refractivity contribution < 1.29 is 14.4 Å². The first kappa shape index (κ1) is 19.4. The van der Waals surface area contributed by atoms with Gasteiger partial charge in [0.15, 0.2) is 5.78 Å². The largest absolute Gasteiger partial charge is 0.352 e. The highest BCUT2D eigenvalue weighted by Gasteiger charge is 2.23. The molecule has 136 valence electrons. The number of nitrogens with one attached hydrogen (secondary N) is 1. The molecule has 0 aliphatic rings. The summed E-state index contributed by atoms with van der Waals surface area (Å²) in [6.45, 7) is 5.87. The van der Waals surface area contributed by atoms with E-state index in [-0.39, 0.29) is 30.2 Å². The normalized spacial score (nSPS) is 10.5. The van der Waals surface area contributed by atoms with Crippen molar-refractivity contribution >= 4 is 17.6 Å². The molecule has 0 radical (unpaired) electrons. The molecule has 5 nitrogen and oxygen atoms in total. The number of hydrogen-bond acceptors (Lipinski definition) is 3. The number of carbonyl (C=O) groups excluding carboxylic acids is 3. The van der Waals surface area contributed by atoms with Crippen molar-refractivity contribution in [1.29, 1.82) is 0 Å². The van der Waals surface area contributed by atoms with Crippen LogP contribution >= 0.6 is 0 Å². The van der Waals surface area contributed by atoms with Crippen molar-refractivity contribution in [2.75, 3.05) is 13.1 Å². The van der Waals surface area contributed by atoms with Crippen LogP contribution in [0, 0.1) is 0 Å². The van der Waals surface area contributed by atoms with Crippen LogP contribution < -0.4 is 5.32 Å². The lowest BCUT2D eigenvalue weighted by Gasteiger charge is -2.22. The Kier molecular flexibility index (Phi) is 6.67. The maximum atomic E-state index is 12.9. The van der Waals surface area contributed by atoms with Crippen molar-refractivity contribution in [3.63, 3.8) is 0 Å². The summed E-state index contributed by atoms with van der Waals surface area (Å²) in [5, 5.41) is 2.78. The number of ketones is 1. The van der Waals surface area contributed by atoms with Crippen LogP contribution in [0.15, 0.2) is 54.6 Å². The number of benzene rings is 2. The number of likely N-dealkylation sites (N-methyl/N-ethyl adjacent to an activating group) is 1. The van der Waals surface area contributed by atoms with Gasteiger partial charge in [-0.05, 0) is 26.8 Å². The molecular weight excluding hydrogens is 328 g/mol. The zero-order valence-corrected chi connectivity index (χ0v) is 15.4. The zero-order chi connectivity index (χ0) is 19.1. The Hall–Kier alpha value is -2.95. The molecule has 26 heavy (non-hydrogen) atoms. The van der Waals surface area contributed by atoms with Crippen LogP contribution in [0.2, 0.25) is 0 Å². The quantitative estimate of drug-likeness (QED) is 0.779. The highest BCUT2D eigenvalue weighted by Crippen LogP contribution is 2.16. The second kappa shape index (κ2) is 8.94. The summed E-state index contributed by atoms with van der Waals surface area (Å²) in [4.78, 5) is 39.2. The summed E-state index contributed by atoms with van der Waals surface area (Å²) in [5.41, 5.74) is 1.17. The predicted molar refractivity (Wildman–Crippen MR) is 101 cm³/mol. The van der Waals surface area contributed by atoms with Crippen molar-refractivity contribution in [2.24, 2.45) is 0 Å². The zero-order valence-electron chi connectivity index (χ0n) is 15.4. The van der Waals surface area contributed by atoms with E-state index in [4.69, 9.17) is 0 Å². The van der Waals surface area contributed by atoms with Gasteiger partial charge in [-0.3, -0.25) is 14.4 Å². The van der Waals surface area contributed by atoms with Gasteiger partial charge in [-0.1, -0.05) is 48.5 Å². The van der Waals surface area contributed by atoms with Crippen LogP contribution in [0.3, 0.4) is 0 Å². The minimum Gasteiger partial charge on any atom is -0.352 e. The van der Waals surface area contributed by atoms with Gasteiger partial charge in [0.2, 0.25) is 5.91 Å². The van der Waals surface area contributed by atoms with Gasteiger partial charge < -0.3 is 10.2 Å². The molecular formula is C21H24N2O3. The van der Waals surface area contributed by atoms with Gasteiger partial charge in [0.1, 0.15) is 0 Å². The molecule has 0 atom stereocenters. The van der Waals surface area contributed by atoms with Crippen LogP contribution in [-0.2, 0) is 4.79 Å². The molecule has 2 rings (SSSR count). The molecule has 2 aromatic carbocycles. The number of carbonyl (C=O) groups is 3. The minimum atomic E-state index is -0.328. The smallest absolute Gasteiger partial charge is 0.255 e. The molecule has 0 aromatic heterocycles. The van der Waals surface area contributed by atoms with Crippen LogP contribution in [0.5, 0.6) is 0 Å². The van der Waals surface area contributed by atoms with Gasteiger partial charge in [-0.2, -0.15) is 0 Å². The Labute approximate surface area is 154 Å². The van der Waals surface area contributed by atoms with Crippen LogP contribution in [0.25, 0.3) is 0 Å². The second-order valence-corrected chi connectivity index (χ2v) is 6.28. The maximum Gasteiger partial charge on any atom is 0.255 e. The Morgan fingerprint density at radius 3 is 2.08 bits per heavy atom. The summed E-state index contributed by atoms with van der Waals surface area (Å²) in [7, 11) is 0. The molecule has 0 saturated carbocycles. The Morgan fingerprint density at radius 1 is 0.923 bits per heavy atom. The predicted octanol–water partition coefficient (Wildman–Crippen LogP) is 2.90. The fourth-order valence-electron chi connectivity index (χ4n) is 2.65. The monoisotopic (exact) mass is 352 g/mol. The van der Waals surface area contributed by atoms with Crippen LogP contribution in [-0.4, -0.2) is 41.6 Å². The molecule has 0 heterocycles. The van der Waals surface area contributed by atoms with E-state index in [1.54, 1.807) is 48.5 Å². The highest BCUT2D eigenvalue weighted by atomic mass is 16.2. The van der Waals surface area contributed by atoms with Gasteiger partial charge in [0.05, 0.1) is 12.1 Å². The van der Waals surface area contributed by atoms with Crippen molar-refractivity contribution in [2.45, 2.75) is 26.8 Å². The lowest BCUT2D eigenvalue weighted by atomic mass is 9.97. The standard InChI is InChI=1S/C21H24N2O3/c1-4-23(14-19(24)22-15(2)3)21(26)18-13-9-8-12-17(18)20(25)16-10-6-5-7-11-16/h5-13,15H,4,14H2,1-3H3,(H,22,24). The molecule has 1 N–H and O–H groups in total. The summed E-state index contributed by atoms with van der Waals surface area (Å²) in [5.74, 6) is -0.759. The lowest BCUT2D eigenvalue weighted by Crippen LogP contribution is -2.43. The van der Waals surface area contributed by atoms with Gasteiger partial charge in [-0.25, -0.2) is 0 Å². The van der Waals surface area contributed by atoms with Crippen molar-refractivity contribution in [3.05, 3.63) is 71.3 Å². The molecule has 0 aliphatic carbocycles. The second-order valence-electron chi connectivity index (χ2n) is 6.28. The number of rotatable bonds is 7. The third-order valence-electron chi connectivity index (χ3n) is 3.89. The summed E-state index contributed by atoms with van der Waals surface area (Å²) >= 11 is 0. The first-order valence-electron chi connectivity index (χ1n) is 8.71. The molecule has 0 fully saturated rings. The van der Waals surface area contributed by atoms with E-state index in [0.717, 1.165) is 0 Å². The van der Waals surface area contributed by atoms with Gasteiger partial charge in [0.25, 0.3) is 5.91 Å². The van der Waals surface area contributed by atoms with E-state index < -0.39 is 0 Å². The van der Waals surface area contributed by atoms with E-state index in [0.29, 0.717) is 23.2 Å². The Morgan fingerprint density at radius 2 is 1.50 bits per heavy atom. The third kappa shape index (κ3) is 4.79. The average molecular weight is 352 g/mol. The first-order valence-corrected chi connectivity index (χ1v) is 8.71. The molecule has 0 spiro atoms. The minimum absolute atomic E-state index is 0.00301. The van der Waals surface area contributed by atoms with E-state index in [1.807, 2.05) is 26.8 Å². The molecule has 0 unspecified atom stereocenters. The molecule has 2 aromatic rings. The number of amides is 2. The molecule has 0 aliphatic heterocycles. The average Bonchev–Trinajstić information content (AvgIpc) is 2.65. The van der Waals surface area contributed by atoms with E-state index in [9.17, 15) is 14.4 Å². The van der Waals surface area contributed by atoms with Crippen molar-refractivity contribution in [3.8, 4) is 0 Å². The maximum absolute atomic E-state index is 12.9. The van der Waals surface area contributed by atoms with Crippen LogP contribution in [0.4, 0.5) is 0 Å². The summed E-state index contributed by atoms with van der Waals surface area (Å²) < 4.78 is 0. The van der Waals surface area contributed by atoms with Crippen LogP contribution in [0.1, 0.15) is 47.1 Å². The number of nitrogens with zero attached hydrogens (tertiary/aromatic N) is 1. The Bertz CT molecular complexity index is 785. The summed E-state index contributed by atoms with van der Waals surface area (Å²) in [6.07, 6.45) is 0. The molecule has 5 heteroatoms. The van der Waals surface area contributed by atoms with Gasteiger partial charge in [-0.15, -0.1) is 0 Å². The van der Waals surface area contributed by atoms with E-state index in [2.05, 4.69) is 5.32 Å². The van der Waals surface area contributed by atoms with E-state index >= 15 is 0 Å². The Balaban J connectivity index is 2.28. The number of hydrogen-bond donors (Lipinski definition) is 1. The first-order chi connectivity index (χ1) is 12.4.